The zero-order chi connectivity index (χ0) is 35.6. The quantitative estimate of drug-likeness (QED) is 0.172. The lowest BCUT2D eigenvalue weighted by Crippen LogP contribution is -2.48. The predicted octanol–water partition coefficient (Wildman–Crippen LogP) is 5.81. The van der Waals surface area contributed by atoms with Crippen LogP contribution in [0.2, 0.25) is 0 Å². The number of ketones is 2. The Balaban J connectivity index is 0.819. The molecule has 1 unspecified atom stereocenters. The molecule has 0 bridgehead atoms. The minimum Gasteiger partial charge on any atom is -0.451 e. The first-order valence-corrected chi connectivity index (χ1v) is 18.2. The number of hydrogen-bond donors (Lipinski definition) is 1. The Labute approximate surface area is 296 Å². The number of aromatic nitrogens is 3. The number of carbonyl (C=O) groups is 3. The summed E-state index contributed by atoms with van der Waals surface area (Å²) in [4.78, 5) is 47.4. The summed E-state index contributed by atoms with van der Waals surface area (Å²) in [5, 5.41) is 6.67. The number of benzene rings is 1. The molecule has 3 fully saturated rings. The number of amides is 1. The Bertz CT molecular complexity index is 1700. The van der Waals surface area contributed by atoms with Gasteiger partial charge in [-0.2, -0.15) is 5.10 Å². The van der Waals surface area contributed by atoms with Crippen LogP contribution in [0.15, 0.2) is 41.5 Å². The highest BCUT2D eigenvalue weighted by molar-refractivity contribution is 6.06. The van der Waals surface area contributed by atoms with Gasteiger partial charge < -0.3 is 29.2 Å². The Morgan fingerprint density at radius 3 is 2.69 bits per heavy atom. The van der Waals surface area contributed by atoms with E-state index < -0.39 is 18.0 Å². The van der Waals surface area contributed by atoms with Gasteiger partial charge in [0, 0.05) is 38.9 Å². The fourth-order valence-corrected chi connectivity index (χ4v) is 8.34. The van der Waals surface area contributed by atoms with E-state index >= 15 is 0 Å². The second kappa shape index (κ2) is 15.2. The third kappa shape index (κ3) is 7.71. The van der Waals surface area contributed by atoms with Crippen LogP contribution in [0.5, 0.6) is 0 Å². The maximum Gasteiger partial charge on any atom is 0.284 e. The zero-order valence-corrected chi connectivity index (χ0v) is 29.3. The van der Waals surface area contributed by atoms with Crippen LogP contribution in [-0.4, -0.2) is 89.2 Å². The molecule has 1 amide bonds. The highest BCUT2D eigenvalue weighted by Crippen LogP contribution is 2.41. The first-order chi connectivity index (χ1) is 24.6. The number of nitrogens with zero attached hydrogens (tertiary/aromatic N) is 6. The molecular weight excluding hydrogens is 660 g/mol. The third-order valence-electron chi connectivity index (χ3n) is 11.2. The van der Waals surface area contributed by atoms with Gasteiger partial charge in [-0.3, -0.25) is 19.1 Å². The number of fused-ring (bicyclic) bond motifs is 1. The van der Waals surface area contributed by atoms with Crippen molar-refractivity contribution in [1.29, 1.82) is 0 Å². The molecular formula is C37H47F2N7O5. The Hall–Kier alpha value is -4.17. The van der Waals surface area contributed by atoms with E-state index in [0.29, 0.717) is 38.1 Å². The van der Waals surface area contributed by atoms with Crippen molar-refractivity contribution in [2.24, 2.45) is 5.92 Å². The molecule has 0 spiro atoms. The van der Waals surface area contributed by atoms with Crippen molar-refractivity contribution in [2.45, 2.75) is 101 Å². The Morgan fingerprint density at radius 2 is 1.96 bits per heavy atom. The topological polar surface area (TPSA) is 126 Å². The number of para-hydroxylation sites is 1. The standard InChI is InChI=1S/C37H47F2N7O5/c1-43(18-23-8-10-25(11-9-23)46-19-29(34(42-46)36(38)39)41-37(49)30-20-50-21-40-30)26-15-28(16-26)51-14-4-6-24-5-3-7-32-35(24)44(2)22-45(32)31-13-12-27(47)17-33(31)48/h3,5,7,19-21,23,25-26,28,31,36H,4,6,8-18,22H2,1-2H3,(H,41,49). The molecule has 12 nitrogen and oxygen atoms in total. The number of rotatable bonds is 13. The largest absolute Gasteiger partial charge is 0.451 e. The van der Waals surface area contributed by atoms with E-state index in [0.717, 1.165) is 76.3 Å². The molecule has 2 aromatic heterocycles. The molecule has 3 aliphatic carbocycles. The van der Waals surface area contributed by atoms with Crippen molar-refractivity contribution < 1.29 is 32.3 Å². The number of hydrogen-bond acceptors (Lipinski definition) is 10. The van der Waals surface area contributed by atoms with Crippen LogP contribution in [0.1, 0.15) is 98.4 Å². The lowest BCUT2D eigenvalue weighted by Gasteiger charge is -2.43. The average molecular weight is 708 g/mol. The van der Waals surface area contributed by atoms with E-state index in [2.05, 4.69) is 62.4 Å². The summed E-state index contributed by atoms with van der Waals surface area (Å²) >= 11 is 0. The van der Waals surface area contributed by atoms with Gasteiger partial charge in [0.05, 0.1) is 48.3 Å². The highest BCUT2D eigenvalue weighted by atomic mass is 19.3. The number of ether oxygens (including phenoxy) is 1. The van der Waals surface area contributed by atoms with Crippen molar-refractivity contribution in [3.8, 4) is 0 Å². The molecule has 274 valence electrons. The summed E-state index contributed by atoms with van der Waals surface area (Å²) in [6.45, 7) is 2.36. The summed E-state index contributed by atoms with van der Waals surface area (Å²) in [6.07, 6.45) is 9.89. The second-order valence-electron chi connectivity index (χ2n) is 14.7. The third-order valence-corrected chi connectivity index (χ3v) is 11.2. The summed E-state index contributed by atoms with van der Waals surface area (Å²) < 4.78 is 40.2. The maximum atomic E-state index is 13.8. The van der Waals surface area contributed by atoms with Crippen LogP contribution in [0, 0.1) is 5.92 Å². The number of nitrogens with one attached hydrogen (secondary N) is 1. The second-order valence-corrected chi connectivity index (χ2v) is 14.7. The van der Waals surface area contributed by atoms with Crippen LogP contribution in [0.4, 0.5) is 25.8 Å². The van der Waals surface area contributed by atoms with Gasteiger partial charge in [-0.15, -0.1) is 0 Å². The summed E-state index contributed by atoms with van der Waals surface area (Å²) in [5.74, 6) is -0.00572. The molecule has 4 aliphatic rings. The first kappa shape index (κ1) is 35.2. The van der Waals surface area contributed by atoms with Crippen molar-refractivity contribution in [3.05, 3.63) is 54.0 Å². The molecule has 1 N–H and O–H groups in total. The van der Waals surface area contributed by atoms with E-state index in [1.807, 2.05) is 0 Å². The summed E-state index contributed by atoms with van der Waals surface area (Å²) in [5.41, 5.74) is 3.11. The molecule has 3 heterocycles. The van der Waals surface area contributed by atoms with E-state index in [1.54, 1.807) is 4.68 Å². The summed E-state index contributed by atoms with van der Waals surface area (Å²) in [7, 11) is 4.26. The molecule has 1 atom stereocenters. The van der Waals surface area contributed by atoms with Gasteiger partial charge in [-0.25, -0.2) is 13.8 Å². The lowest BCUT2D eigenvalue weighted by atomic mass is 9.83. The van der Waals surface area contributed by atoms with Crippen LogP contribution in [0.3, 0.4) is 0 Å². The van der Waals surface area contributed by atoms with E-state index in [1.165, 1.54) is 17.4 Å². The number of Topliss-reactive ketones (excluding diaryl/α,β-unsaturated/α-hetero) is 2. The fraction of sp³-hybridized carbons (Fsp3) is 0.595. The van der Waals surface area contributed by atoms with Crippen LogP contribution in [-0.2, 0) is 20.7 Å². The zero-order valence-electron chi connectivity index (χ0n) is 29.3. The molecule has 51 heavy (non-hydrogen) atoms. The van der Waals surface area contributed by atoms with Gasteiger partial charge in [0.15, 0.2) is 23.6 Å². The molecule has 3 saturated carbocycles. The van der Waals surface area contributed by atoms with Crippen molar-refractivity contribution in [1.82, 2.24) is 19.7 Å². The number of carbonyl (C=O) groups excluding carboxylic acids is 3. The van der Waals surface area contributed by atoms with Gasteiger partial charge in [0.2, 0.25) is 0 Å². The number of anilines is 3. The normalized spacial score (nSPS) is 25.1. The first-order valence-electron chi connectivity index (χ1n) is 18.2. The maximum absolute atomic E-state index is 13.8. The minimum atomic E-state index is -2.81. The van der Waals surface area contributed by atoms with Gasteiger partial charge in [0.25, 0.3) is 12.3 Å². The van der Waals surface area contributed by atoms with Crippen LogP contribution < -0.4 is 15.1 Å². The molecule has 3 aromatic rings. The molecule has 1 aromatic carbocycles. The number of oxazole rings is 1. The Morgan fingerprint density at radius 1 is 1.16 bits per heavy atom. The van der Waals surface area contributed by atoms with Gasteiger partial charge in [-0.05, 0) is 82.4 Å². The van der Waals surface area contributed by atoms with Gasteiger partial charge >= 0.3 is 0 Å². The smallest absolute Gasteiger partial charge is 0.284 e. The number of halogens is 2. The van der Waals surface area contributed by atoms with Crippen molar-refractivity contribution >= 4 is 34.5 Å². The van der Waals surface area contributed by atoms with Crippen LogP contribution >= 0.6 is 0 Å². The molecule has 7 rings (SSSR count). The number of aryl methyl sites for hydroxylation is 1. The predicted molar refractivity (Wildman–Crippen MR) is 186 cm³/mol. The summed E-state index contributed by atoms with van der Waals surface area (Å²) in [6, 6.07) is 6.61. The molecule has 14 heteroatoms. The van der Waals surface area contributed by atoms with Gasteiger partial charge in [-0.1, -0.05) is 12.1 Å². The van der Waals surface area contributed by atoms with E-state index in [9.17, 15) is 23.2 Å². The van der Waals surface area contributed by atoms with Crippen LogP contribution in [0.25, 0.3) is 0 Å². The monoisotopic (exact) mass is 707 g/mol. The van der Waals surface area contributed by atoms with Crippen molar-refractivity contribution in [3.63, 3.8) is 0 Å². The fourth-order valence-electron chi connectivity index (χ4n) is 8.34. The minimum absolute atomic E-state index is 0.00166. The van der Waals surface area contributed by atoms with E-state index in [4.69, 9.17) is 9.15 Å². The molecule has 0 saturated heterocycles. The van der Waals surface area contributed by atoms with Gasteiger partial charge in [0.1, 0.15) is 12.0 Å². The lowest BCUT2D eigenvalue weighted by molar-refractivity contribution is -0.130. The molecule has 0 radical (unpaired) electrons. The molecule has 1 aliphatic heterocycles. The number of alkyl halides is 2. The average Bonchev–Trinajstić information content (AvgIpc) is 3.84. The van der Waals surface area contributed by atoms with Crippen molar-refractivity contribution in [2.75, 3.05) is 49.0 Å². The SMILES string of the molecule is CN1CN(C2CCC(=O)CC2=O)c2cccc(CCCOC3CC(N(C)CC4CCC(n5cc(NC(=O)c6cocn6)c(C(F)F)n5)CC4)C3)c21. The highest BCUT2D eigenvalue weighted by Gasteiger charge is 2.38. The Kier molecular flexibility index (Phi) is 10.5. The van der Waals surface area contributed by atoms with E-state index in [-0.39, 0.29) is 47.6 Å².